The quantitative estimate of drug-likeness (QED) is 0.658. The Morgan fingerprint density at radius 1 is 1.22 bits per heavy atom. The minimum absolute atomic E-state index is 0.126. The maximum absolute atomic E-state index is 12.1. The molecule has 1 rings (SSSR count). The molecule has 0 aliphatic carbocycles. The van der Waals surface area contributed by atoms with Gasteiger partial charge in [-0.05, 0) is 31.7 Å². The van der Waals surface area contributed by atoms with Crippen LogP contribution in [0.2, 0.25) is 0 Å². The number of hydrogen-bond donors (Lipinski definition) is 2. The van der Waals surface area contributed by atoms with E-state index in [1.165, 1.54) is 6.07 Å². The van der Waals surface area contributed by atoms with Gasteiger partial charge in [0.2, 0.25) is 0 Å². The molecule has 0 aliphatic heterocycles. The topological polar surface area (TPSA) is 64.0 Å². The van der Waals surface area contributed by atoms with Gasteiger partial charge in [-0.3, -0.25) is 4.79 Å². The normalized spacial score (nSPS) is 10.6. The molecule has 0 saturated heterocycles. The highest BCUT2D eigenvalue weighted by Gasteiger charge is 2.16. The summed E-state index contributed by atoms with van der Waals surface area (Å²) in [6.07, 6.45) is 0. The maximum atomic E-state index is 12.1. The Bertz CT molecular complexity index is 410. The Morgan fingerprint density at radius 2 is 1.89 bits per heavy atom. The fraction of sp³-hybridized carbons (Fsp3) is 0.417. The third-order valence-electron chi connectivity index (χ3n) is 2.66. The molecule has 0 aliphatic rings. The van der Waals surface area contributed by atoms with Crippen LogP contribution in [0.25, 0.3) is 0 Å². The summed E-state index contributed by atoms with van der Waals surface area (Å²) < 4.78 is 0. The zero-order chi connectivity index (χ0) is 13.7. The fourth-order valence-corrected chi connectivity index (χ4v) is 1.50. The molecule has 1 aromatic carbocycles. The lowest BCUT2D eigenvalue weighted by Crippen LogP contribution is -2.35. The first-order valence-electron chi connectivity index (χ1n) is 5.78. The Labute approximate surface area is 108 Å². The van der Waals surface area contributed by atoms with Crippen LogP contribution in [0.15, 0.2) is 24.3 Å². The summed E-state index contributed by atoms with van der Waals surface area (Å²) in [5, 5.41) is 18.1. The highest BCUT2D eigenvalue weighted by atomic mass is 16.4. The van der Waals surface area contributed by atoms with Gasteiger partial charge in [-0.25, -0.2) is 0 Å². The molecule has 2 N–H and O–H groups in total. The van der Waals surface area contributed by atoms with Gasteiger partial charge >= 0.3 is 7.12 Å². The Kier molecular flexibility index (Phi) is 5.34. The molecule has 0 saturated carbocycles. The number of carbonyl (C=O) groups is 1. The summed E-state index contributed by atoms with van der Waals surface area (Å²) in [5.41, 5.74) is 0.781. The summed E-state index contributed by atoms with van der Waals surface area (Å²) in [6, 6.07) is 6.38. The molecule has 0 radical (unpaired) electrons. The standard InChI is InChI=1S/C12H19BN2O3/c1-14(2)7-8-15(3)12(16)10-5-4-6-11(9-10)13(17)18/h4-6,9,17-18H,7-8H2,1-3H3. The van der Waals surface area contributed by atoms with E-state index in [9.17, 15) is 4.79 Å². The first-order chi connectivity index (χ1) is 8.41. The Hall–Kier alpha value is -1.37. The van der Waals surface area contributed by atoms with Crippen LogP contribution in [0.3, 0.4) is 0 Å². The zero-order valence-corrected chi connectivity index (χ0v) is 11.0. The van der Waals surface area contributed by atoms with Gasteiger partial charge in [0, 0.05) is 25.7 Å². The molecule has 0 atom stereocenters. The van der Waals surface area contributed by atoms with E-state index in [0.29, 0.717) is 17.6 Å². The van der Waals surface area contributed by atoms with Crippen LogP contribution in [0.1, 0.15) is 10.4 Å². The summed E-state index contributed by atoms with van der Waals surface area (Å²) in [7, 11) is 4.07. The molecule has 1 aromatic rings. The average Bonchev–Trinajstić information content (AvgIpc) is 2.35. The molecule has 98 valence electrons. The molecule has 6 heteroatoms. The molecule has 0 aromatic heterocycles. The van der Waals surface area contributed by atoms with E-state index in [0.717, 1.165) is 6.54 Å². The van der Waals surface area contributed by atoms with Crippen molar-refractivity contribution in [3.05, 3.63) is 29.8 Å². The van der Waals surface area contributed by atoms with E-state index in [-0.39, 0.29) is 5.91 Å². The Balaban J connectivity index is 2.74. The lowest BCUT2D eigenvalue weighted by Gasteiger charge is -2.20. The SMILES string of the molecule is CN(C)CCN(C)C(=O)c1cccc(B(O)O)c1. The van der Waals surface area contributed by atoms with E-state index in [4.69, 9.17) is 10.0 Å². The molecule has 0 unspecified atom stereocenters. The van der Waals surface area contributed by atoms with Crippen molar-refractivity contribution in [2.45, 2.75) is 0 Å². The predicted octanol–water partition coefficient (Wildman–Crippen LogP) is -1.000. The van der Waals surface area contributed by atoms with Crippen molar-refractivity contribution in [3.63, 3.8) is 0 Å². The number of hydrogen-bond acceptors (Lipinski definition) is 4. The second-order valence-corrected chi connectivity index (χ2v) is 4.53. The second kappa shape index (κ2) is 6.54. The number of benzene rings is 1. The maximum Gasteiger partial charge on any atom is 0.488 e. The van der Waals surface area contributed by atoms with Crippen LogP contribution in [-0.4, -0.2) is 67.1 Å². The first-order valence-corrected chi connectivity index (χ1v) is 5.78. The van der Waals surface area contributed by atoms with Gasteiger partial charge in [-0.2, -0.15) is 0 Å². The van der Waals surface area contributed by atoms with Crippen molar-refractivity contribution in [3.8, 4) is 0 Å². The molecule has 5 nitrogen and oxygen atoms in total. The summed E-state index contributed by atoms with van der Waals surface area (Å²) in [6.45, 7) is 1.41. The van der Waals surface area contributed by atoms with E-state index < -0.39 is 7.12 Å². The molecular weight excluding hydrogens is 231 g/mol. The molecule has 0 spiro atoms. The fourth-order valence-electron chi connectivity index (χ4n) is 1.50. The van der Waals surface area contributed by atoms with E-state index >= 15 is 0 Å². The number of likely N-dealkylation sites (N-methyl/N-ethyl adjacent to an activating group) is 2. The monoisotopic (exact) mass is 250 g/mol. The number of amides is 1. The largest absolute Gasteiger partial charge is 0.488 e. The van der Waals surface area contributed by atoms with Gasteiger partial charge in [0.15, 0.2) is 0 Å². The molecule has 0 fully saturated rings. The lowest BCUT2D eigenvalue weighted by molar-refractivity contribution is 0.0786. The van der Waals surface area contributed by atoms with Gasteiger partial charge < -0.3 is 19.8 Å². The number of carbonyl (C=O) groups excluding carboxylic acids is 1. The summed E-state index contributed by atoms with van der Waals surface area (Å²) >= 11 is 0. The number of nitrogens with zero attached hydrogens (tertiary/aromatic N) is 2. The molecule has 0 bridgehead atoms. The van der Waals surface area contributed by atoms with Gasteiger partial charge in [0.1, 0.15) is 0 Å². The minimum atomic E-state index is -1.55. The summed E-state index contributed by atoms with van der Waals surface area (Å²) in [4.78, 5) is 15.7. The van der Waals surface area contributed by atoms with Crippen molar-refractivity contribution < 1.29 is 14.8 Å². The lowest BCUT2D eigenvalue weighted by atomic mass is 9.79. The highest BCUT2D eigenvalue weighted by molar-refractivity contribution is 6.58. The van der Waals surface area contributed by atoms with Crippen molar-refractivity contribution in [1.82, 2.24) is 9.80 Å². The predicted molar refractivity (Wildman–Crippen MR) is 71.8 cm³/mol. The zero-order valence-electron chi connectivity index (χ0n) is 11.0. The van der Waals surface area contributed by atoms with Crippen molar-refractivity contribution in [1.29, 1.82) is 0 Å². The van der Waals surface area contributed by atoms with Crippen molar-refractivity contribution in [2.24, 2.45) is 0 Å². The van der Waals surface area contributed by atoms with Crippen LogP contribution < -0.4 is 5.46 Å². The second-order valence-electron chi connectivity index (χ2n) is 4.53. The molecule has 18 heavy (non-hydrogen) atoms. The van der Waals surface area contributed by atoms with Gasteiger partial charge in [-0.15, -0.1) is 0 Å². The molecule has 1 amide bonds. The Morgan fingerprint density at radius 3 is 2.44 bits per heavy atom. The molecule has 0 heterocycles. The smallest absolute Gasteiger partial charge is 0.423 e. The highest BCUT2D eigenvalue weighted by Crippen LogP contribution is 2.02. The van der Waals surface area contributed by atoms with Crippen LogP contribution in [0.4, 0.5) is 0 Å². The van der Waals surface area contributed by atoms with Crippen LogP contribution in [0, 0.1) is 0 Å². The average molecular weight is 250 g/mol. The van der Waals surface area contributed by atoms with Crippen LogP contribution >= 0.6 is 0 Å². The van der Waals surface area contributed by atoms with Gasteiger partial charge in [0.05, 0.1) is 0 Å². The third-order valence-corrected chi connectivity index (χ3v) is 2.66. The van der Waals surface area contributed by atoms with Crippen molar-refractivity contribution in [2.75, 3.05) is 34.2 Å². The number of rotatable bonds is 5. The summed E-state index contributed by atoms with van der Waals surface area (Å²) in [5.74, 6) is -0.126. The molecular formula is C12H19BN2O3. The van der Waals surface area contributed by atoms with Crippen LogP contribution in [0.5, 0.6) is 0 Å². The van der Waals surface area contributed by atoms with E-state index in [1.54, 1.807) is 30.1 Å². The van der Waals surface area contributed by atoms with E-state index in [2.05, 4.69) is 0 Å². The first kappa shape index (κ1) is 14.7. The van der Waals surface area contributed by atoms with Crippen LogP contribution in [-0.2, 0) is 0 Å². The van der Waals surface area contributed by atoms with Gasteiger partial charge in [0.25, 0.3) is 5.91 Å². The van der Waals surface area contributed by atoms with Crippen molar-refractivity contribution >= 4 is 18.5 Å². The van der Waals surface area contributed by atoms with Gasteiger partial charge in [-0.1, -0.05) is 12.1 Å². The minimum Gasteiger partial charge on any atom is -0.423 e. The van der Waals surface area contributed by atoms with E-state index in [1.807, 2.05) is 19.0 Å². The third kappa shape index (κ3) is 4.14.